The predicted molar refractivity (Wildman–Crippen MR) is 84.7 cm³/mol. The van der Waals surface area contributed by atoms with Gasteiger partial charge in [0.15, 0.2) is 5.78 Å². The van der Waals surface area contributed by atoms with Gasteiger partial charge in [0.2, 0.25) is 5.95 Å². The molecule has 2 aliphatic rings. The van der Waals surface area contributed by atoms with Crippen molar-refractivity contribution in [2.75, 3.05) is 37.7 Å². The Labute approximate surface area is 135 Å². The van der Waals surface area contributed by atoms with Crippen molar-refractivity contribution in [2.45, 2.75) is 26.7 Å². The minimum absolute atomic E-state index is 0.137. The molecule has 23 heavy (non-hydrogen) atoms. The summed E-state index contributed by atoms with van der Waals surface area (Å²) in [5.74, 6) is 1.12. The highest BCUT2D eigenvalue weighted by Crippen LogP contribution is 2.25. The highest BCUT2D eigenvalue weighted by Gasteiger charge is 2.27. The molecule has 0 aromatic carbocycles. The maximum atomic E-state index is 12.0. The Morgan fingerprint density at radius 3 is 2.74 bits per heavy atom. The first-order valence-electron chi connectivity index (χ1n) is 8.14. The summed E-state index contributed by atoms with van der Waals surface area (Å²) in [6.07, 6.45) is 2.79. The number of nitrogens with zero attached hydrogens (tertiary/aromatic N) is 4. The lowest BCUT2D eigenvalue weighted by molar-refractivity contribution is 0.0950. The van der Waals surface area contributed by atoms with E-state index >= 15 is 0 Å². The molecule has 7 heteroatoms. The molecule has 1 aliphatic heterocycles. The van der Waals surface area contributed by atoms with Gasteiger partial charge < -0.3 is 14.5 Å². The molecule has 0 radical (unpaired) electrons. The van der Waals surface area contributed by atoms with Crippen molar-refractivity contribution in [1.29, 1.82) is 0 Å². The second-order valence-electron chi connectivity index (χ2n) is 6.14. The number of hydrogen-bond acceptors (Lipinski definition) is 6. The molecule has 0 spiro atoms. The Morgan fingerprint density at radius 2 is 2.04 bits per heavy atom. The number of piperazine rings is 1. The van der Waals surface area contributed by atoms with Crippen LogP contribution in [0.4, 0.5) is 10.7 Å². The number of carbonyl (C=O) groups is 2. The Kier molecular flexibility index (Phi) is 4.45. The lowest BCUT2D eigenvalue weighted by atomic mass is 9.88. The van der Waals surface area contributed by atoms with Crippen LogP contribution in [0.5, 0.6) is 0 Å². The lowest BCUT2D eigenvalue weighted by Crippen LogP contribution is -2.49. The fourth-order valence-electron chi connectivity index (χ4n) is 3.08. The predicted octanol–water partition coefficient (Wildman–Crippen LogP) is 1.52. The summed E-state index contributed by atoms with van der Waals surface area (Å²) in [6, 6.07) is 0. The molecule has 124 valence electrons. The van der Waals surface area contributed by atoms with Crippen molar-refractivity contribution >= 4 is 17.8 Å². The van der Waals surface area contributed by atoms with E-state index in [0.717, 1.165) is 12.1 Å². The van der Waals surface area contributed by atoms with E-state index in [0.29, 0.717) is 56.6 Å². The van der Waals surface area contributed by atoms with E-state index in [9.17, 15) is 9.59 Å². The van der Waals surface area contributed by atoms with Gasteiger partial charge in [-0.25, -0.2) is 14.8 Å². The van der Waals surface area contributed by atoms with Crippen LogP contribution in [-0.4, -0.2) is 59.5 Å². The van der Waals surface area contributed by atoms with Crippen LogP contribution < -0.4 is 4.90 Å². The number of carbonyl (C=O) groups excluding carboxylic acids is 2. The van der Waals surface area contributed by atoms with Gasteiger partial charge in [-0.3, -0.25) is 4.79 Å². The first-order chi connectivity index (χ1) is 11.1. The van der Waals surface area contributed by atoms with Crippen LogP contribution >= 0.6 is 0 Å². The van der Waals surface area contributed by atoms with E-state index in [1.165, 1.54) is 0 Å². The van der Waals surface area contributed by atoms with Crippen LogP contribution in [0.3, 0.4) is 0 Å². The van der Waals surface area contributed by atoms with Crippen LogP contribution in [0, 0.1) is 5.92 Å². The smallest absolute Gasteiger partial charge is 0.409 e. The highest BCUT2D eigenvalue weighted by atomic mass is 16.6. The van der Waals surface area contributed by atoms with E-state index in [-0.39, 0.29) is 11.9 Å². The molecule has 1 amide bonds. The van der Waals surface area contributed by atoms with Gasteiger partial charge in [-0.15, -0.1) is 0 Å². The average molecular weight is 318 g/mol. The van der Waals surface area contributed by atoms with Crippen molar-refractivity contribution < 1.29 is 14.3 Å². The molecule has 3 rings (SSSR count). The zero-order chi connectivity index (χ0) is 16.4. The van der Waals surface area contributed by atoms with Gasteiger partial charge in [0.05, 0.1) is 17.9 Å². The van der Waals surface area contributed by atoms with E-state index in [2.05, 4.69) is 21.8 Å². The highest BCUT2D eigenvalue weighted by molar-refractivity contribution is 5.98. The normalized spacial score (nSPS) is 21.1. The molecule has 0 bridgehead atoms. The third-order valence-electron chi connectivity index (χ3n) is 4.32. The SMILES string of the molecule is CCOC(=O)N1CCN(c2ncc3c(n2)CC(C)CC3=O)CC1. The van der Waals surface area contributed by atoms with Crippen LogP contribution in [0.25, 0.3) is 0 Å². The molecule has 1 aromatic heterocycles. The van der Waals surface area contributed by atoms with Crippen molar-refractivity contribution in [2.24, 2.45) is 5.92 Å². The zero-order valence-electron chi connectivity index (χ0n) is 13.6. The second kappa shape index (κ2) is 6.52. The van der Waals surface area contributed by atoms with Gasteiger partial charge in [-0.05, 0) is 19.3 Å². The molecular formula is C16H22N4O3. The summed E-state index contributed by atoms with van der Waals surface area (Å²) in [6.45, 7) is 6.78. The van der Waals surface area contributed by atoms with Gasteiger partial charge in [0.25, 0.3) is 0 Å². The molecular weight excluding hydrogens is 296 g/mol. The molecule has 0 saturated carbocycles. The number of rotatable bonds is 2. The summed E-state index contributed by atoms with van der Waals surface area (Å²) in [7, 11) is 0. The number of anilines is 1. The minimum atomic E-state index is -0.266. The third kappa shape index (κ3) is 3.28. The maximum absolute atomic E-state index is 12.0. The van der Waals surface area contributed by atoms with Gasteiger partial charge >= 0.3 is 6.09 Å². The van der Waals surface area contributed by atoms with Crippen molar-refractivity contribution in [1.82, 2.24) is 14.9 Å². The standard InChI is InChI=1S/C16H22N4O3/c1-3-23-16(22)20-6-4-19(5-7-20)15-17-10-12-13(18-15)8-11(2)9-14(12)21/h10-11H,3-9H2,1-2H3. The van der Waals surface area contributed by atoms with E-state index in [4.69, 9.17) is 4.74 Å². The number of fused-ring (bicyclic) bond motifs is 1. The van der Waals surface area contributed by atoms with Gasteiger partial charge in [0.1, 0.15) is 0 Å². The maximum Gasteiger partial charge on any atom is 0.409 e. The molecule has 7 nitrogen and oxygen atoms in total. The molecule has 1 fully saturated rings. The monoisotopic (exact) mass is 318 g/mol. The molecule has 2 heterocycles. The number of aromatic nitrogens is 2. The molecule has 1 unspecified atom stereocenters. The number of ether oxygens (including phenoxy) is 1. The van der Waals surface area contributed by atoms with Gasteiger partial charge in [-0.1, -0.05) is 6.92 Å². The first-order valence-corrected chi connectivity index (χ1v) is 8.14. The Bertz CT molecular complexity index is 611. The van der Waals surface area contributed by atoms with Crippen LogP contribution in [0.2, 0.25) is 0 Å². The quantitative estimate of drug-likeness (QED) is 0.823. The van der Waals surface area contributed by atoms with Crippen molar-refractivity contribution in [3.8, 4) is 0 Å². The van der Waals surface area contributed by atoms with E-state index < -0.39 is 0 Å². The summed E-state index contributed by atoms with van der Waals surface area (Å²) < 4.78 is 5.02. The number of ketones is 1. The summed E-state index contributed by atoms with van der Waals surface area (Å²) in [5, 5.41) is 0. The Hall–Kier alpha value is -2.18. The fourth-order valence-corrected chi connectivity index (χ4v) is 3.08. The molecule has 1 aliphatic carbocycles. The largest absolute Gasteiger partial charge is 0.450 e. The average Bonchev–Trinajstić information content (AvgIpc) is 2.54. The lowest BCUT2D eigenvalue weighted by Gasteiger charge is -2.34. The molecule has 1 saturated heterocycles. The van der Waals surface area contributed by atoms with E-state index in [1.54, 1.807) is 18.0 Å². The van der Waals surface area contributed by atoms with Crippen molar-refractivity contribution in [3.05, 3.63) is 17.5 Å². The third-order valence-corrected chi connectivity index (χ3v) is 4.32. The molecule has 1 atom stereocenters. The van der Waals surface area contributed by atoms with Crippen LogP contribution in [0.1, 0.15) is 36.3 Å². The number of amides is 1. The first kappa shape index (κ1) is 15.7. The fraction of sp³-hybridized carbons (Fsp3) is 0.625. The van der Waals surface area contributed by atoms with Crippen molar-refractivity contribution in [3.63, 3.8) is 0 Å². The number of hydrogen-bond donors (Lipinski definition) is 0. The van der Waals surface area contributed by atoms with Crippen LogP contribution in [-0.2, 0) is 11.2 Å². The van der Waals surface area contributed by atoms with E-state index in [1.807, 2.05) is 0 Å². The number of Topliss-reactive ketones (excluding diaryl/α,β-unsaturated/α-hetero) is 1. The van der Waals surface area contributed by atoms with Crippen LogP contribution in [0.15, 0.2) is 6.20 Å². The Morgan fingerprint density at radius 1 is 1.30 bits per heavy atom. The van der Waals surface area contributed by atoms with Gasteiger partial charge in [-0.2, -0.15) is 0 Å². The molecule has 1 aromatic rings. The minimum Gasteiger partial charge on any atom is -0.450 e. The Balaban J connectivity index is 1.68. The van der Waals surface area contributed by atoms with Gasteiger partial charge in [0, 0.05) is 38.8 Å². The summed E-state index contributed by atoms with van der Waals surface area (Å²) in [5.41, 5.74) is 1.52. The summed E-state index contributed by atoms with van der Waals surface area (Å²) in [4.78, 5) is 36.4. The molecule has 0 N–H and O–H groups in total. The summed E-state index contributed by atoms with van der Waals surface area (Å²) >= 11 is 0. The topological polar surface area (TPSA) is 75.6 Å². The second-order valence-corrected chi connectivity index (χ2v) is 6.14. The zero-order valence-corrected chi connectivity index (χ0v) is 13.6.